The molecule has 0 saturated carbocycles. The molecule has 2 aromatic carbocycles. The summed E-state index contributed by atoms with van der Waals surface area (Å²) in [6.07, 6.45) is 1.32. The van der Waals surface area contributed by atoms with Crippen molar-refractivity contribution in [2.45, 2.75) is 6.92 Å². The number of nitrogens with one attached hydrogen (secondary N) is 1. The molecule has 150 valence electrons. The molecule has 0 bridgehead atoms. The van der Waals surface area contributed by atoms with Crippen molar-refractivity contribution in [3.8, 4) is 5.75 Å². The molecule has 0 atom stereocenters. The van der Waals surface area contributed by atoms with Crippen molar-refractivity contribution in [3.63, 3.8) is 0 Å². The average molecular weight is 481 g/mol. The molecule has 8 nitrogen and oxygen atoms in total. The van der Waals surface area contributed by atoms with Crippen LogP contribution in [0.2, 0.25) is 5.02 Å². The topological polar surface area (TPSA) is 103 Å². The standard InChI is InChI=1S/C19H15BrClN3O5/c1-2-28-16(25)10-29-17-13(20)7-11(8-14(17)21)9-22-24-18(26)12-5-3-4-6-15(12)23-19(24)27/h3-9H,2,10H2,1H3,(H,23,27). The molecule has 1 aromatic heterocycles. The minimum atomic E-state index is -0.662. The molecule has 0 aliphatic carbocycles. The van der Waals surface area contributed by atoms with Crippen LogP contribution in [0.3, 0.4) is 0 Å². The number of para-hydroxylation sites is 1. The van der Waals surface area contributed by atoms with Crippen molar-refractivity contribution in [2.75, 3.05) is 13.2 Å². The van der Waals surface area contributed by atoms with Gasteiger partial charge in [-0.1, -0.05) is 23.7 Å². The first-order valence-electron chi connectivity index (χ1n) is 8.46. The van der Waals surface area contributed by atoms with E-state index in [1.165, 1.54) is 12.3 Å². The summed E-state index contributed by atoms with van der Waals surface area (Å²) < 4.78 is 11.4. The number of carbonyl (C=O) groups excluding carboxylic acids is 1. The number of aromatic nitrogens is 2. The third-order valence-electron chi connectivity index (χ3n) is 3.77. The zero-order chi connectivity index (χ0) is 21.0. The Balaban J connectivity index is 1.88. The van der Waals surface area contributed by atoms with Gasteiger partial charge in [0.2, 0.25) is 0 Å². The van der Waals surface area contributed by atoms with Gasteiger partial charge in [0.15, 0.2) is 12.4 Å². The highest BCUT2D eigenvalue weighted by molar-refractivity contribution is 9.10. The second kappa shape index (κ2) is 9.06. The largest absolute Gasteiger partial charge is 0.479 e. The quantitative estimate of drug-likeness (QED) is 0.432. The molecule has 0 aliphatic heterocycles. The highest BCUT2D eigenvalue weighted by Crippen LogP contribution is 2.34. The zero-order valence-electron chi connectivity index (χ0n) is 15.1. The maximum atomic E-state index is 12.5. The van der Waals surface area contributed by atoms with Crippen molar-refractivity contribution in [2.24, 2.45) is 5.10 Å². The SMILES string of the molecule is CCOC(=O)COc1c(Cl)cc(C=Nn2c(=O)[nH]c3ccccc3c2=O)cc1Br. The monoisotopic (exact) mass is 479 g/mol. The number of esters is 1. The molecule has 0 spiro atoms. The van der Waals surface area contributed by atoms with Crippen LogP contribution in [-0.4, -0.2) is 35.1 Å². The fourth-order valence-electron chi connectivity index (χ4n) is 2.51. The molecule has 0 radical (unpaired) electrons. The molecular formula is C19H15BrClN3O5. The number of H-pyrrole nitrogens is 1. The second-order valence-corrected chi connectivity index (χ2v) is 7.01. The lowest BCUT2D eigenvalue weighted by Gasteiger charge is -2.10. The van der Waals surface area contributed by atoms with Crippen LogP contribution in [0.15, 0.2) is 55.6 Å². The molecular weight excluding hydrogens is 466 g/mol. The highest BCUT2D eigenvalue weighted by atomic mass is 79.9. The molecule has 0 fully saturated rings. The number of ether oxygens (including phenoxy) is 2. The van der Waals surface area contributed by atoms with Gasteiger partial charge in [-0.3, -0.25) is 4.79 Å². The summed E-state index contributed by atoms with van der Waals surface area (Å²) in [5, 5.41) is 4.53. The molecule has 1 N–H and O–H groups in total. The molecule has 10 heteroatoms. The summed E-state index contributed by atoms with van der Waals surface area (Å²) >= 11 is 9.53. The lowest BCUT2D eigenvalue weighted by Crippen LogP contribution is -2.32. The van der Waals surface area contributed by atoms with Gasteiger partial charge in [0.1, 0.15) is 0 Å². The Morgan fingerprint density at radius 3 is 2.79 bits per heavy atom. The minimum Gasteiger partial charge on any atom is -0.479 e. The van der Waals surface area contributed by atoms with Gasteiger partial charge < -0.3 is 14.5 Å². The number of hydrogen-bond acceptors (Lipinski definition) is 6. The van der Waals surface area contributed by atoms with Gasteiger partial charge in [-0.25, -0.2) is 9.59 Å². The molecule has 0 amide bonds. The van der Waals surface area contributed by atoms with Crippen molar-refractivity contribution in [1.82, 2.24) is 9.66 Å². The highest BCUT2D eigenvalue weighted by Gasteiger charge is 2.12. The van der Waals surface area contributed by atoms with Crippen molar-refractivity contribution in [3.05, 3.63) is 72.3 Å². The van der Waals surface area contributed by atoms with Gasteiger partial charge in [0, 0.05) is 0 Å². The number of rotatable bonds is 6. The maximum absolute atomic E-state index is 12.5. The molecule has 0 unspecified atom stereocenters. The first-order chi connectivity index (χ1) is 13.9. The number of hydrogen-bond donors (Lipinski definition) is 1. The van der Waals surface area contributed by atoms with E-state index in [0.717, 1.165) is 4.68 Å². The van der Waals surface area contributed by atoms with E-state index in [-0.39, 0.29) is 24.0 Å². The Labute approximate surface area is 177 Å². The summed E-state index contributed by atoms with van der Waals surface area (Å²) in [7, 11) is 0. The van der Waals surface area contributed by atoms with E-state index in [4.69, 9.17) is 21.1 Å². The number of carbonyl (C=O) groups is 1. The van der Waals surface area contributed by atoms with Gasteiger partial charge in [0.05, 0.1) is 33.2 Å². The van der Waals surface area contributed by atoms with E-state index >= 15 is 0 Å². The van der Waals surface area contributed by atoms with E-state index in [0.29, 0.717) is 20.9 Å². The van der Waals surface area contributed by atoms with E-state index in [2.05, 4.69) is 26.0 Å². The van der Waals surface area contributed by atoms with Crippen LogP contribution in [-0.2, 0) is 9.53 Å². The second-order valence-electron chi connectivity index (χ2n) is 5.74. The predicted octanol–water partition coefficient (Wildman–Crippen LogP) is 2.93. The van der Waals surface area contributed by atoms with Crippen molar-refractivity contribution < 1.29 is 14.3 Å². The van der Waals surface area contributed by atoms with Gasteiger partial charge >= 0.3 is 11.7 Å². The lowest BCUT2D eigenvalue weighted by molar-refractivity contribution is -0.145. The molecule has 0 aliphatic rings. The number of benzene rings is 2. The minimum absolute atomic E-state index is 0.213. The molecule has 0 saturated heterocycles. The summed E-state index contributed by atoms with van der Waals surface area (Å²) in [6.45, 7) is 1.65. The number of halogens is 2. The first-order valence-corrected chi connectivity index (χ1v) is 9.63. The van der Waals surface area contributed by atoms with Crippen molar-refractivity contribution in [1.29, 1.82) is 0 Å². The third kappa shape index (κ3) is 4.75. The third-order valence-corrected chi connectivity index (χ3v) is 4.64. The summed E-state index contributed by atoms with van der Waals surface area (Å²) in [4.78, 5) is 38.7. The Bertz CT molecular complexity index is 1200. The first kappa shape index (κ1) is 20.8. The Kier molecular flexibility index (Phi) is 6.50. The van der Waals surface area contributed by atoms with E-state index in [9.17, 15) is 14.4 Å². The van der Waals surface area contributed by atoms with Gasteiger partial charge in [-0.15, -0.1) is 4.68 Å². The molecule has 3 aromatic rings. The van der Waals surface area contributed by atoms with Crippen LogP contribution in [0.5, 0.6) is 5.75 Å². The average Bonchev–Trinajstić information content (AvgIpc) is 2.67. The van der Waals surface area contributed by atoms with E-state index < -0.39 is 17.2 Å². The van der Waals surface area contributed by atoms with Crippen LogP contribution in [0.25, 0.3) is 10.9 Å². The maximum Gasteiger partial charge on any atom is 0.349 e. The van der Waals surface area contributed by atoms with Crippen LogP contribution < -0.4 is 16.0 Å². The number of fused-ring (bicyclic) bond motifs is 1. The zero-order valence-corrected chi connectivity index (χ0v) is 17.5. The molecule has 1 heterocycles. The van der Waals surface area contributed by atoms with Crippen LogP contribution >= 0.6 is 27.5 Å². The Morgan fingerprint density at radius 1 is 1.31 bits per heavy atom. The van der Waals surface area contributed by atoms with Crippen LogP contribution in [0.4, 0.5) is 0 Å². The van der Waals surface area contributed by atoms with Gasteiger partial charge in [-0.05, 0) is 52.7 Å². The normalized spacial score (nSPS) is 11.1. The van der Waals surface area contributed by atoms with Gasteiger partial charge in [0.25, 0.3) is 5.56 Å². The molecule has 3 rings (SSSR count). The lowest BCUT2D eigenvalue weighted by atomic mass is 10.2. The Hall–Kier alpha value is -2.91. The fraction of sp³-hybridized carbons (Fsp3) is 0.158. The summed E-state index contributed by atoms with van der Waals surface area (Å²) in [5.41, 5.74) is -0.266. The predicted molar refractivity (Wildman–Crippen MR) is 113 cm³/mol. The van der Waals surface area contributed by atoms with Crippen molar-refractivity contribution >= 4 is 50.6 Å². The summed E-state index contributed by atoms with van der Waals surface area (Å²) in [6, 6.07) is 9.80. The number of aromatic amines is 1. The molecule has 29 heavy (non-hydrogen) atoms. The number of nitrogens with zero attached hydrogens (tertiary/aromatic N) is 2. The van der Waals surface area contributed by atoms with E-state index in [1.54, 1.807) is 37.3 Å². The van der Waals surface area contributed by atoms with E-state index in [1.807, 2.05) is 0 Å². The Morgan fingerprint density at radius 2 is 2.07 bits per heavy atom. The van der Waals surface area contributed by atoms with Crippen LogP contribution in [0, 0.1) is 0 Å². The van der Waals surface area contributed by atoms with Gasteiger partial charge in [-0.2, -0.15) is 5.10 Å². The fourth-order valence-corrected chi connectivity index (χ4v) is 3.50. The smallest absolute Gasteiger partial charge is 0.349 e. The summed E-state index contributed by atoms with van der Waals surface area (Å²) in [5.74, 6) is -0.256. The van der Waals surface area contributed by atoms with Crippen LogP contribution in [0.1, 0.15) is 12.5 Å².